The Hall–Kier alpha value is -4.01. The van der Waals surface area contributed by atoms with Gasteiger partial charge in [0.1, 0.15) is 5.82 Å². The molecule has 0 unspecified atom stereocenters. The Labute approximate surface area is 185 Å². The second-order valence-electron chi connectivity index (χ2n) is 7.45. The molecule has 0 bridgehead atoms. The number of anilines is 1. The number of rotatable bonds is 7. The lowest BCUT2D eigenvalue weighted by molar-refractivity contribution is -0.119. The van der Waals surface area contributed by atoms with Gasteiger partial charge < -0.3 is 10.1 Å². The van der Waals surface area contributed by atoms with Crippen molar-refractivity contribution < 1.29 is 14.3 Å². The molecule has 3 aromatic heterocycles. The second kappa shape index (κ2) is 9.01. The summed E-state index contributed by atoms with van der Waals surface area (Å²) < 4.78 is 8.53. The first-order valence-corrected chi connectivity index (χ1v) is 10.4. The average Bonchev–Trinajstić information content (AvgIpc) is 3.32. The van der Waals surface area contributed by atoms with Crippen LogP contribution in [0.4, 0.5) is 5.82 Å². The molecule has 0 aliphatic carbocycles. The van der Waals surface area contributed by atoms with Crippen molar-refractivity contribution in [1.29, 1.82) is 0 Å². The Kier molecular flexibility index (Phi) is 5.98. The number of aryl methyl sites for hydroxylation is 3. The lowest BCUT2D eigenvalue weighted by atomic mass is 10.2. The van der Waals surface area contributed by atoms with Gasteiger partial charge in [0.05, 0.1) is 22.6 Å². The molecule has 9 heteroatoms. The van der Waals surface area contributed by atoms with E-state index in [1.165, 1.54) is 6.20 Å². The summed E-state index contributed by atoms with van der Waals surface area (Å²) in [6.45, 7) is 3.49. The van der Waals surface area contributed by atoms with Crippen LogP contribution >= 0.6 is 0 Å². The van der Waals surface area contributed by atoms with Crippen molar-refractivity contribution >= 4 is 28.7 Å². The summed E-state index contributed by atoms with van der Waals surface area (Å²) in [7, 11) is 1.79. The van der Waals surface area contributed by atoms with Crippen molar-refractivity contribution in [1.82, 2.24) is 24.5 Å². The van der Waals surface area contributed by atoms with Crippen LogP contribution in [0.3, 0.4) is 0 Å². The molecule has 1 aromatic carbocycles. The second-order valence-corrected chi connectivity index (χ2v) is 7.45. The predicted octanol–water partition coefficient (Wildman–Crippen LogP) is 3.21. The molecule has 0 fully saturated rings. The zero-order chi connectivity index (χ0) is 22.7. The van der Waals surface area contributed by atoms with Gasteiger partial charge in [0.25, 0.3) is 5.91 Å². The molecule has 4 aromatic rings. The third-order valence-corrected chi connectivity index (χ3v) is 4.97. The molecule has 3 heterocycles. The number of pyridine rings is 1. The van der Waals surface area contributed by atoms with Gasteiger partial charge in [-0.1, -0.05) is 31.5 Å². The first-order chi connectivity index (χ1) is 15.5. The number of para-hydroxylation sites is 1. The normalized spacial score (nSPS) is 11.0. The van der Waals surface area contributed by atoms with Gasteiger partial charge in [-0.25, -0.2) is 14.5 Å². The molecule has 1 amide bonds. The van der Waals surface area contributed by atoms with Gasteiger partial charge in [-0.05, 0) is 31.5 Å². The van der Waals surface area contributed by atoms with Crippen molar-refractivity contribution in [2.75, 3.05) is 11.9 Å². The maximum absolute atomic E-state index is 12.5. The molecule has 0 radical (unpaired) electrons. The number of benzene rings is 1. The maximum atomic E-state index is 12.5. The van der Waals surface area contributed by atoms with Crippen LogP contribution in [-0.4, -0.2) is 43.0 Å². The van der Waals surface area contributed by atoms with E-state index in [4.69, 9.17) is 4.74 Å². The van der Waals surface area contributed by atoms with E-state index in [1.54, 1.807) is 22.5 Å². The van der Waals surface area contributed by atoms with Gasteiger partial charge in [0, 0.05) is 24.7 Å². The number of carbonyl (C=O) groups is 2. The number of nitrogens with one attached hydrogen (secondary N) is 1. The van der Waals surface area contributed by atoms with Crippen molar-refractivity contribution in [3.8, 4) is 5.69 Å². The lowest BCUT2D eigenvalue weighted by Gasteiger charge is -2.09. The van der Waals surface area contributed by atoms with Crippen LogP contribution in [0.15, 0.2) is 48.7 Å². The van der Waals surface area contributed by atoms with Crippen LogP contribution < -0.4 is 5.32 Å². The Morgan fingerprint density at radius 2 is 1.91 bits per heavy atom. The minimum atomic E-state index is -0.624. The van der Waals surface area contributed by atoms with Crippen molar-refractivity contribution in [2.24, 2.45) is 7.05 Å². The summed E-state index contributed by atoms with van der Waals surface area (Å²) in [4.78, 5) is 29.2. The zero-order valence-corrected chi connectivity index (χ0v) is 18.2. The van der Waals surface area contributed by atoms with Crippen molar-refractivity contribution in [3.63, 3.8) is 0 Å². The number of carbonyl (C=O) groups excluding carboxylic acids is 2. The van der Waals surface area contributed by atoms with Gasteiger partial charge in [0.2, 0.25) is 0 Å². The summed E-state index contributed by atoms with van der Waals surface area (Å²) in [5, 5.41) is 12.4. The van der Waals surface area contributed by atoms with Crippen molar-refractivity contribution in [2.45, 2.75) is 26.7 Å². The number of hydrogen-bond acceptors (Lipinski definition) is 6. The highest BCUT2D eigenvalue weighted by Gasteiger charge is 2.16. The molecule has 164 valence electrons. The number of aromatic nitrogens is 5. The molecule has 0 aliphatic rings. The van der Waals surface area contributed by atoms with Gasteiger partial charge >= 0.3 is 5.97 Å². The molecule has 0 saturated carbocycles. The fourth-order valence-corrected chi connectivity index (χ4v) is 3.48. The fourth-order valence-electron chi connectivity index (χ4n) is 3.48. The monoisotopic (exact) mass is 432 g/mol. The summed E-state index contributed by atoms with van der Waals surface area (Å²) in [5.74, 6) is -0.555. The molecule has 1 N–H and O–H groups in total. The van der Waals surface area contributed by atoms with Crippen LogP contribution in [0, 0.1) is 6.92 Å². The Bertz CT molecular complexity index is 1280. The summed E-state index contributed by atoms with van der Waals surface area (Å²) in [6, 6.07) is 13.0. The highest BCUT2D eigenvalue weighted by molar-refractivity contribution is 5.97. The Morgan fingerprint density at radius 1 is 1.12 bits per heavy atom. The highest BCUT2D eigenvalue weighted by atomic mass is 16.5. The lowest BCUT2D eigenvalue weighted by Crippen LogP contribution is -2.22. The molecular weight excluding hydrogens is 408 g/mol. The number of fused-ring (bicyclic) bond motifs is 1. The van der Waals surface area contributed by atoms with Crippen LogP contribution in [0.5, 0.6) is 0 Å². The number of hydrogen-bond donors (Lipinski definition) is 1. The Balaban J connectivity index is 1.45. The minimum Gasteiger partial charge on any atom is -0.452 e. The molecule has 4 rings (SSSR count). The largest absolute Gasteiger partial charge is 0.452 e. The van der Waals surface area contributed by atoms with Crippen LogP contribution in [0.25, 0.3) is 16.7 Å². The van der Waals surface area contributed by atoms with Crippen LogP contribution in [-0.2, 0) is 23.0 Å². The smallest absolute Gasteiger partial charge is 0.340 e. The van der Waals surface area contributed by atoms with E-state index >= 15 is 0 Å². The van der Waals surface area contributed by atoms with Crippen LogP contribution in [0.1, 0.15) is 35.1 Å². The first-order valence-electron chi connectivity index (χ1n) is 10.4. The van der Waals surface area contributed by atoms with Crippen molar-refractivity contribution in [3.05, 3.63) is 65.6 Å². The quantitative estimate of drug-likeness (QED) is 0.450. The summed E-state index contributed by atoms with van der Waals surface area (Å²) >= 11 is 0. The zero-order valence-electron chi connectivity index (χ0n) is 18.2. The van der Waals surface area contributed by atoms with Gasteiger partial charge in [-0.15, -0.1) is 0 Å². The van der Waals surface area contributed by atoms with Gasteiger partial charge in [-0.3, -0.25) is 9.48 Å². The number of nitrogens with zero attached hydrogens (tertiary/aromatic N) is 5. The van der Waals surface area contributed by atoms with E-state index in [1.807, 2.05) is 43.3 Å². The molecule has 32 heavy (non-hydrogen) atoms. The molecular formula is C23H24N6O3. The van der Waals surface area contributed by atoms with Gasteiger partial charge in [-0.2, -0.15) is 10.2 Å². The highest BCUT2D eigenvalue weighted by Crippen LogP contribution is 2.19. The number of ether oxygens (including phenoxy) is 1. The number of amides is 1. The topological polar surface area (TPSA) is 104 Å². The van der Waals surface area contributed by atoms with Gasteiger partial charge in [0.15, 0.2) is 12.3 Å². The first kappa shape index (κ1) is 21.2. The van der Waals surface area contributed by atoms with E-state index < -0.39 is 18.5 Å². The molecule has 9 nitrogen and oxygen atoms in total. The minimum absolute atomic E-state index is 0.265. The molecule has 0 atom stereocenters. The number of esters is 1. The van der Waals surface area contributed by atoms with Crippen LogP contribution in [0.2, 0.25) is 0 Å². The van der Waals surface area contributed by atoms with E-state index in [0.29, 0.717) is 11.5 Å². The van der Waals surface area contributed by atoms with E-state index in [9.17, 15) is 9.59 Å². The average molecular weight is 432 g/mol. The SMILES string of the molecule is CCCc1cc(NC(=O)COC(=O)c2cnc3c(c2)c(C)nn3C)n(-c2ccccc2)n1. The summed E-state index contributed by atoms with van der Waals surface area (Å²) in [6.07, 6.45) is 3.15. The molecule has 0 spiro atoms. The van der Waals surface area contributed by atoms with E-state index in [2.05, 4.69) is 27.4 Å². The third kappa shape index (κ3) is 4.36. The maximum Gasteiger partial charge on any atom is 0.340 e. The van der Waals surface area contributed by atoms with E-state index in [0.717, 1.165) is 35.3 Å². The predicted molar refractivity (Wildman–Crippen MR) is 120 cm³/mol. The fraction of sp³-hybridized carbons (Fsp3) is 0.261. The standard InChI is InChI=1S/C23H24N6O3/c1-4-8-17-12-20(29(27-17)18-9-6-5-7-10-18)25-21(30)14-32-23(31)16-11-19-15(2)26-28(3)22(19)24-13-16/h5-7,9-13H,4,8,14H2,1-3H3,(H,25,30). The van der Waals surface area contributed by atoms with E-state index in [-0.39, 0.29) is 5.56 Å². The third-order valence-electron chi connectivity index (χ3n) is 4.97. The molecule has 0 aliphatic heterocycles. The molecule has 0 saturated heterocycles. The Morgan fingerprint density at radius 3 is 2.66 bits per heavy atom. The summed E-state index contributed by atoms with van der Waals surface area (Å²) in [5.41, 5.74) is 3.40.